The lowest BCUT2D eigenvalue weighted by molar-refractivity contribution is 0.0922. The molecule has 1 aliphatic carbocycles. The van der Waals surface area contributed by atoms with Gasteiger partial charge in [0.1, 0.15) is 5.75 Å². The second-order valence-corrected chi connectivity index (χ2v) is 6.67. The Kier molecular flexibility index (Phi) is 5.94. The van der Waals surface area contributed by atoms with Crippen molar-refractivity contribution in [2.75, 3.05) is 19.0 Å². The molecule has 1 saturated carbocycles. The molecule has 4 heteroatoms. The van der Waals surface area contributed by atoms with Crippen molar-refractivity contribution in [2.24, 2.45) is 5.92 Å². The highest BCUT2D eigenvalue weighted by molar-refractivity contribution is 5.94. The molecule has 2 aromatic rings. The molecule has 132 valence electrons. The molecule has 25 heavy (non-hydrogen) atoms. The van der Waals surface area contributed by atoms with Crippen molar-refractivity contribution in [1.29, 1.82) is 0 Å². The molecule has 0 spiro atoms. The maximum absolute atomic E-state index is 12.4. The first-order valence-electron chi connectivity index (χ1n) is 8.98. The number of ether oxygens (including phenoxy) is 1. The predicted molar refractivity (Wildman–Crippen MR) is 101 cm³/mol. The fraction of sp³-hybridized carbons (Fsp3) is 0.381. The van der Waals surface area contributed by atoms with Crippen LogP contribution < -0.4 is 15.4 Å². The first kappa shape index (κ1) is 17.3. The maximum atomic E-state index is 12.4. The quantitative estimate of drug-likeness (QED) is 0.834. The molecule has 2 aromatic carbocycles. The van der Waals surface area contributed by atoms with Crippen LogP contribution in [0, 0.1) is 5.92 Å². The molecule has 1 amide bonds. The third kappa shape index (κ3) is 4.99. The summed E-state index contributed by atoms with van der Waals surface area (Å²) in [4.78, 5) is 12.4. The van der Waals surface area contributed by atoms with Gasteiger partial charge >= 0.3 is 0 Å². The Hall–Kier alpha value is -2.49. The van der Waals surface area contributed by atoms with Gasteiger partial charge in [-0.25, -0.2) is 0 Å². The van der Waals surface area contributed by atoms with Crippen molar-refractivity contribution in [2.45, 2.75) is 31.7 Å². The molecule has 0 aromatic heterocycles. The molecule has 1 fully saturated rings. The van der Waals surface area contributed by atoms with E-state index >= 15 is 0 Å². The molecule has 0 aliphatic heterocycles. The van der Waals surface area contributed by atoms with E-state index in [0.717, 1.165) is 32.2 Å². The molecule has 0 radical (unpaired) electrons. The van der Waals surface area contributed by atoms with E-state index in [9.17, 15) is 4.79 Å². The number of carbonyl (C=O) groups is 1. The standard InChI is InChI=1S/C21H26N2O2/c1-25-20-9-5-6-17(14-20)21(24)23-19-12-10-16(11-13-19)15-22-18-7-3-2-4-8-18/h2-9,14,16,19,22H,10-13,15H2,1H3,(H,23,24). The van der Waals surface area contributed by atoms with E-state index in [2.05, 4.69) is 22.8 Å². The SMILES string of the molecule is COc1cccc(C(=O)NC2CCC(CNc3ccccc3)CC2)c1. The summed E-state index contributed by atoms with van der Waals surface area (Å²) in [7, 11) is 1.61. The van der Waals surface area contributed by atoms with Gasteiger partial charge in [-0.3, -0.25) is 4.79 Å². The van der Waals surface area contributed by atoms with Gasteiger partial charge in [0.15, 0.2) is 0 Å². The minimum atomic E-state index is -0.00948. The van der Waals surface area contributed by atoms with Gasteiger partial charge in [-0.15, -0.1) is 0 Å². The molecule has 0 heterocycles. The van der Waals surface area contributed by atoms with E-state index < -0.39 is 0 Å². The second kappa shape index (κ2) is 8.56. The monoisotopic (exact) mass is 338 g/mol. The van der Waals surface area contributed by atoms with Gasteiger partial charge in [0.25, 0.3) is 5.91 Å². The number of hydrogen-bond donors (Lipinski definition) is 2. The molecule has 3 rings (SSSR count). The highest BCUT2D eigenvalue weighted by atomic mass is 16.5. The molecule has 0 saturated heterocycles. The Morgan fingerprint density at radius 1 is 1.04 bits per heavy atom. The first-order chi connectivity index (χ1) is 12.2. The van der Waals surface area contributed by atoms with Gasteiger partial charge in [-0.05, 0) is 61.9 Å². The predicted octanol–water partition coefficient (Wildman–Crippen LogP) is 4.10. The lowest BCUT2D eigenvalue weighted by Gasteiger charge is -2.29. The number of carbonyl (C=O) groups excluding carboxylic acids is 1. The van der Waals surface area contributed by atoms with Gasteiger partial charge in [-0.1, -0.05) is 24.3 Å². The minimum absolute atomic E-state index is 0.00948. The van der Waals surface area contributed by atoms with Crippen LogP contribution in [0.3, 0.4) is 0 Å². The van der Waals surface area contributed by atoms with Crippen molar-refractivity contribution in [3.8, 4) is 5.75 Å². The Balaban J connectivity index is 1.43. The zero-order valence-corrected chi connectivity index (χ0v) is 14.7. The lowest BCUT2D eigenvalue weighted by atomic mass is 9.86. The lowest BCUT2D eigenvalue weighted by Crippen LogP contribution is -2.38. The van der Waals surface area contributed by atoms with Gasteiger partial charge in [0, 0.05) is 23.8 Å². The van der Waals surface area contributed by atoms with Crippen LogP contribution in [-0.2, 0) is 0 Å². The van der Waals surface area contributed by atoms with E-state index in [-0.39, 0.29) is 11.9 Å². The van der Waals surface area contributed by atoms with Crippen LogP contribution in [0.4, 0.5) is 5.69 Å². The second-order valence-electron chi connectivity index (χ2n) is 6.67. The molecular formula is C21H26N2O2. The molecule has 0 atom stereocenters. The van der Waals surface area contributed by atoms with Crippen molar-refractivity contribution in [3.05, 3.63) is 60.2 Å². The van der Waals surface area contributed by atoms with Gasteiger partial charge in [0.05, 0.1) is 7.11 Å². The van der Waals surface area contributed by atoms with Crippen molar-refractivity contribution in [3.63, 3.8) is 0 Å². The third-order valence-corrected chi connectivity index (χ3v) is 4.88. The summed E-state index contributed by atoms with van der Waals surface area (Å²) in [5, 5.41) is 6.67. The summed E-state index contributed by atoms with van der Waals surface area (Å²) < 4.78 is 5.19. The van der Waals surface area contributed by atoms with Crippen LogP contribution in [0.15, 0.2) is 54.6 Å². The van der Waals surface area contributed by atoms with Crippen LogP contribution >= 0.6 is 0 Å². The highest BCUT2D eigenvalue weighted by Gasteiger charge is 2.22. The average Bonchev–Trinajstić information content (AvgIpc) is 2.68. The van der Waals surface area contributed by atoms with Crippen LogP contribution in [0.5, 0.6) is 5.75 Å². The smallest absolute Gasteiger partial charge is 0.251 e. The van der Waals surface area contributed by atoms with Crippen LogP contribution in [0.1, 0.15) is 36.0 Å². The number of anilines is 1. The molecule has 0 bridgehead atoms. The fourth-order valence-corrected chi connectivity index (χ4v) is 3.36. The number of hydrogen-bond acceptors (Lipinski definition) is 3. The summed E-state index contributed by atoms with van der Waals surface area (Å²) in [5.41, 5.74) is 1.84. The number of para-hydroxylation sites is 1. The largest absolute Gasteiger partial charge is 0.497 e. The van der Waals surface area contributed by atoms with Crippen LogP contribution in [0.25, 0.3) is 0 Å². The normalized spacial score (nSPS) is 19.9. The maximum Gasteiger partial charge on any atom is 0.251 e. The Morgan fingerprint density at radius 2 is 1.80 bits per heavy atom. The molecule has 4 nitrogen and oxygen atoms in total. The number of benzene rings is 2. The Labute approximate surface area is 149 Å². The van der Waals surface area contributed by atoms with E-state index in [1.165, 1.54) is 5.69 Å². The minimum Gasteiger partial charge on any atom is -0.497 e. The topological polar surface area (TPSA) is 50.4 Å². The van der Waals surface area contributed by atoms with Crippen LogP contribution in [0.2, 0.25) is 0 Å². The summed E-state index contributed by atoms with van der Waals surface area (Å²) in [6.07, 6.45) is 4.36. The first-order valence-corrected chi connectivity index (χ1v) is 8.98. The van der Waals surface area contributed by atoms with Gasteiger partial charge in [-0.2, -0.15) is 0 Å². The fourth-order valence-electron chi connectivity index (χ4n) is 3.36. The highest BCUT2D eigenvalue weighted by Crippen LogP contribution is 2.25. The van der Waals surface area contributed by atoms with Crippen LogP contribution in [-0.4, -0.2) is 25.6 Å². The summed E-state index contributed by atoms with van der Waals surface area (Å²) in [6, 6.07) is 17.9. The third-order valence-electron chi connectivity index (χ3n) is 4.88. The summed E-state index contributed by atoms with van der Waals surface area (Å²) >= 11 is 0. The Bertz CT molecular complexity index is 679. The zero-order valence-electron chi connectivity index (χ0n) is 14.7. The Morgan fingerprint density at radius 3 is 2.52 bits per heavy atom. The van der Waals surface area contributed by atoms with E-state index in [1.807, 2.05) is 36.4 Å². The molecule has 0 unspecified atom stereocenters. The molecule has 2 N–H and O–H groups in total. The van der Waals surface area contributed by atoms with Crippen molar-refractivity contribution in [1.82, 2.24) is 5.32 Å². The van der Waals surface area contributed by atoms with Crippen molar-refractivity contribution < 1.29 is 9.53 Å². The number of rotatable bonds is 6. The average molecular weight is 338 g/mol. The number of nitrogens with one attached hydrogen (secondary N) is 2. The van der Waals surface area contributed by atoms with Gasteiger partial charge < -0.3 is 15.4 Å². The van der Waals surface area contributed by atoms with E-state index in [0.29, 0.717) is 17.2 Å². The van der Waals surface area contributed by atoms with Crippen molar-refractivity contribution >= 4 is 11.6 Å². The van der Waals surface area contributed by atoms with E-state index in [1.54, 1.807) is 13.2 Å². The number of methoxy groups -OCH3 is 1. The number of amides is 1. The summed E-state index contributed by atoms with van der Waals surface area (Å²) in [5.74, 6) is 1.37. The van der Waals surface area contributed by atoms with E-state index in [4.69, 9.17) is 4.74 Å². The summed E-state index contributed by atoms with van der Waals surface area (Å²) in [6.45, 7) is 1.00. The molecule has 1 aliphatic rings. The van der Waals surface area contributed by atoms with Gasteiger partial charge in [0.2, 0.25) is 0 Å². The molecular weight excluding hydrogens is 312 g/mol. The zero-order chi connectivity index (χ0) is 17.5.